The molecule has 0 aromatic heterocycles. The van der Waals surface area contributed by atoms with Crippen molar-refractivity contribution >= 4 is 11.7 Å². The lowest BCUT2D eigenvalue weighted by molar-refractivity contribution is 0.0697. The molecular formula is C20H24N2O2. The van der Waals surface area contributed by atoms with Gasteiger partial charge in [0, 0.05) is 31.4 Å². The summed E-state index contributed by atoms with van der Waals surface area (Å²) in [7, 11) is 0. The van der Waals surface area contributed by atoms with Gasteiger partial charge in [0.1, 0.15) is 0 Å². The molecule has 3 rings (SSSR count). The van der Waals surface area contributed by atoms with Crippen molar-refractivity contribution in [3.8, 4) is 0 Å². The first kappa shape index (κ1) is 16.5. The molecule has 2 aromatic rings. The predicted octanol–water partition coefficient (Wildman–Crippen LogP) is 3.84. The van der Waals surface area contributed by atoms with Crippen molar-refractivity contribution in [2.45, 2.75) is 32.4 Å². The third kappa shape index (κ3) is 3.95. The Morgan fingerprint density at radius 1 is 1.17 bits per heavy atom. The second kappa shape index (κ2) is 7.49. The minimum absolute atomic E-state index is 0.242. The number of carboxylic acid groups (broad SMARTS) is 1. The van der Waals surface area contributed by atoms with Crippen LogP contribution >= 0.6 is 0 Å². The van der Waals surface area contributed by atoms with Crippen LogP contribution in [0.25, 0.3) is 0 Å². The zero-order valence-corrected chi connectivity index (χ0v) is 14.0. The monoisotopic (exact) mass is 324 g/mol. The molecule has 0 saturated carbocycles. The average molecular weight is 324 g/mol. The van der Waals surface area contributed by atoms with Crippen molar-refractivity contribution in [3.05, 3.63) is 65.2 Å². The van der Waals surface area contributed by atoms with Gasteiger partial charge in [0.05, 0.1) is 5.56 Å². The van der Waals surface area contributed by atoms with E-state index in [1.165, 1.54) is 24.1 Å². The van der Waals surface area contributed by atoms with E-state index in [1.54, 1.807) is 12.1 Å². The molecule has 1 saturated heterocycles. The number of carboxylic acids is 1. The maximum atomic E-state index is 10.9. The van der Waals surface area contributed by atoms with Gasteiger partial charge < -0.3 is 15.3 Å². The Labute approximate surface area is 143 Å². The summed E-state index contributed by atoms with van der Waals surface area (Å²) in [6.07, 6.45) is 2.56. The molecular weight excluding hydrogens is 300 g/mol. The normalized spacial score (nSPS) is 15.5. The molecule has 4 nitrogen and oxygen atoms in total. The minimum Gasteiger partial charge on any atom is -0.478 e. The number of rotatable bonds is 6. The highest BCUT2D eigenvalue weighted by molar-refractivity contribution is 5.87. The molecule has 1 atom stereocenters. The maximum Gasteiger partial charge on any atom is 0.335 e. The van der Waals surface area contributed by atoms with E-state index in [0.717, 1.165) is 25.2 Å². The van der Waals surface area contributed by atoms with E-state index in [4.69, 9.17) is 5.11 Å². The molecule has 0 spiro atoms. The van der Waals surface area contributed by atoms with Crippen LogP contribution in [0.2, 0.25) is 0 Å². The highest BCUT2D eigenvalue weighted by Gasteiger charge is 2.13. The Hall–Kier alpha value is -2.33. The third-order valence-electron chi connectivity index (χ3n) is 4.65. The van der Waals surface area contributed by atoms with Crippen LogP contribution in [0.15, 0.2) is 48.5 Å². The Morgan fingerprint density at radius 2 is 1.88 bits per heavy atom. The van der Waals surface area contributed by atoms with Crippen molar-refractivity contribution in [1.29, 1.82) is 0 Å². The van der Waals surface area contributed by atoms with E-state index in [2.05, 4.69) is 41.4 Å². The van der Waals surface area contributed by atoms with Gasteiger partial charge in [0.25, 0.3) is 0 Å². The van der Waals surface area contributed by atoms with E-state index < -0.39 is 5.97 Å². The third-order valence-corrected chi connectivity index (χ3v) is 4.65. The fraction of sp³-hybridized carbons (Fsp3) is 0.350. The van der Waals surface area contributed by atoms with Gasteiger partial charge in [-0.3, -0.25) is 0 Å². The Balaban J connectivity index is 1.61. The van der Waals surface area contributed by atoms with Gasteiger partial charge in [-0.2, -0.15) is 0 Å². The number of nitrogens with one attached hydrogen (secondary N) is 1. The average Bonchev–Trinajstić information content (AvgIpc) is 3.15. The topological polar surface area (TPSA) is 52.6 Å². The molecule has 1 aliphatic rings. The molecule has 0 aliphatic carbocycles. The quantitative estimate of drug-likeness (QED) is 0.848. The number of carbonyl (C=O) groups is 1. The summed E-state index contributed by atoms with van der Waals surface area (Å²) in [4.78, 5) is 13.3. The van der Waals surface area contributed by atoms with E-state index >= 15 is 0 Å². The molecule has 126 valence electrons. The molecule has 1 unspecified atom stereocenters. The maximum absolute atomic E-state index is 10.9. The molecule has 1 heterocycles. The zero-order valence-electron chi connectivity index (χ0n) is 14.0. The van der Waals surface area contributed by atoms with E-state index in [9.17, 15) is 4.79 Å². The Morgan fingerprint density at radius 3 is 2.54 bits per heavy atom. The summed E-state index contributed by atoms with van der Waals surface area (Å²) < 4.78 is 0. The van der Waals surface area contributed by atoms with Crippen LogP contribution in [-0.4, -0.2) is 24.2 Å². The van der Waals surface area contributed by atoms with Crippen molar-refractivity contribution < 1.29 is 9.90 Å². The first-order chi connectivity index (χ1) is 11.6. The predicted molar refractivity (Wildman–Crippen MR) is 96.5 cm³/mol. The molecule has 0 amide bonds. The van der Waals surface area contributed by atoms with Gasteiger partial charge in [-0.15, -0.1) is 0 Å². The molecule has 0 bridgehead atoms. The smallest absolute Gasteiger partial charge is 0.335 e. The lowest BCUT2D eigenvalue weighted by atomic mass is 10.1. The van der Waals surface area contributed by atoms with Crippen LogP contribution in [-0.2, 0) is 6.54 Å². The van der Waals surface area contributed by atoms with Crippen molar-refractivity contribution in [2.75, 3.05) is 18.0 Å². The number of anilines is 1. The van der Waals surface area contributed by atoms with E-state index in [-0.39, 0.29) is 6.04 Å². The number of hydrogen-bond donors (Lipinski definition) is 2. The Bertz CT molecular complexity index is 691. The lowest BCUT2D eigenvalue weighted by Crippen LogP contribution is -2.20. The second-order valence-corrected chi connectivity index (χ2v) is 6.39. The minimum atomic E-state index is -0.887. The van der Waals surface area contributed by atoms with Gasteiger partial charge in [-0.25, -0.2) is 4.79 Å². The van der Waals surface area contributed by atoms with Crippen LogP contribution in [0, 0.1) is 0 Å². The van der Waals surface area contributed by atoms with Gasteiger partial charge in [-0.05, 0) is 55.2 Å². The van der Waals surface area contributed by atoms with E-state index in [1.807, 2.05) is 12.1 Å². The summed E-state index contributed by atoms with van der Waals surface area (Å²) in [6, 6.07) is 16.0. The first-order valence-corrected chi connectivity index (χ1v) is 8.54. The standard InChI is InChI=1S/C20H24N2O2/c1-15(21-14-16-7-9-17(10-8-16)20(23)24)18-5-4-6-19(13-18)22-11-2-3-12-22/h4-10,13,15,21H,2-3,11-12,14H2,1H3,(H,23,24). The largest absolute Gasteiger partial charge is 0.478 e. The molecule has 2 N–H and O–H groups in total. The summed E-state index contributed by atoms with van der Waals surface area (Å²) in [5.41, 5.74) is 4.00. The highest BCUT2D eigenvalue weighted by Crippen LogP contribution is 2.24. The van der Waals surface area contributed by atoms with Crippen molar-refractivity contribution in [3.63, 3.8) is 0 Å². The lowest BCUT2D eigenvalue weighted by Gasteiger charge is -2.21. The summed E-state index contributed by atoms with van der Waals surface area (Å²) in [6.45, 7) is 5.19. The fourth-order valence-electron chi connectivity index (χ4n) is 3.12. The van der Waals surface area contributed by atoms with Crippen LogP contribution in [0.5, 0.6) is 0 Å². The van der Waals surface area contributed by atoms with Crippen LogP contribution in [0.1, 0.15) is 47.3 Å². The van der Waals surface area contributed by atoms with Crippen LogP contribution in [0.3, 0.4) is 0 Å². The van der Waals surface area contributed by atoms with Gasteiger partial charge >= 0.3 is 5.97 Å². The number of hydrogen-bond acceptors (Lipinski definition) is 3. The van der Waals surface area contributed by atoms with Crippen LogP contribution in [0.4, 0.5) is 5.69 Å². The van der Waals surface area contributed by atoms with Gasteiger partial charge in [0.15, 0.2) is 0 Å². The first-order valence-electron chi connectivity index (χ1n) is 8.54. The van der Waals surface area contributed by atoms with Crippen LogP contribution < -0.4 is 10.2 Å². The fourth-order valence-corrected chi connectivity index (χ4v) is 3.12. The molecule has 4 heteroatoms. The van der Waals surface area contributed by atoms with E-state index in [0.29, 0.717) is 5.56 Å². The summed E-state index contributed by atoms with van der Waals surface area (Å²) in [5.74, 6) is -0.887. The second-order valence-electron chi connectivity index (χ2n) is 6.39. The molecule has 2 aromatic carbocycles. The molecule has 1 aliphatic heterocycles. The molecule has 1 fully saturated rings. The number of nitrogens with zero attached hydrogens (tertiary/aromatic N) is 1. The summed E-state index contributed by atoms with van der Waals surface area (Å²) >= 11 is 0. The van der Waals surface area contributed by atoms with Gasteiger partial charge in [0.2, 0.25) is 0 Å². The number of aromatic carboxylic acids is 1. The number of benzene rings is 2. The SMILES string of the molecule is CC(NCc1ccc(C(=O)O)cc1)c1cccc(N2CCCC2)c1. The van der Waals surface area contributed by atoms with Crippen molar-refractivity contribution in [2.24, 2.45) is 0 Å². The zero-order chi connectivity index (χ0) is 16.9. The Kier molecular flexibility index (Phi) is 5.16. The van der Waals surface area contributed by atoms with Crippen molar-refractivity contribution in [1.82, 2.24) is 5.32 Å². The molecule has 24 heavy (non-hydrogen) atoms. The highest BCUT2D eigenvalue weighted by atomic mass is 16.4. The summed E-state index contributed by atoms with van der Waals surface area (Å²) in [5, 5.41) is 12.5. The van der Waals surface area contributed by atoms with Gasteiger partial charge in [-0.1, -0.05) is 24.3 Å². The molecule has 0 radical (unpaired) electrons.